The summed E-state index contributed by atoms with van der Waals surface area (Å²) in [4.78, 5) is 0. The molecule has 0 rings (SSSR count). The minimum Gasteiger partial charge on any atom is -0.0654 e. The minimum atomic E-state index is 0.497. The fourth-order valence-corrected chi connectivity index (χ4v) is 1.28. The van der Waals surface area contributed by atoms with Crippen molar-refractivity contribution >= 4 is 0 Å². The zero-order valence-electron chi connectivity index (χ0n) is 7.91. The molecule has 1 unspecified atom stereocenters. The molecule has 0 spiro atoms. The first-order chi connectivity index (χ1) is 4.54. The van der Waals surface area contributed by atoms with E-state index in [0.717, 1.165) is 12.3 Å². The van der Waals surface area contributed by atoms with Crippen LogP contribution in [0.1, 0.15) is 47.0 Å². The molecule has 0 aromatic rings. The summed E-state index contributed by atoms with van der Waals surface area (Å²) in [5.74, 6) is 0.757. The van der Waals surface area contributed by atoms with E-state index >= 15 is 0 Å². The van der Waals surface area contributed by atoms with Crippen LogP contribution in [0.25, 0.3) is 0 Å². The highest BCUT2D eigenvalue weighted by Gasteiger charge is 2.22. The lowest BCUT2D eigenvalue weighted by Gasteiger charge is -2.30. The van der Waals surface area contributed by atoms with Crippen LogP contribution in [0.5, 0.6) is 0 Å². The Kier molecular flexibility index (Phi) is 4.00. The van der Waals surface area contributed by atoms with Gasteiger partial charge in [-0.05, 0) is 17.8 Å². The maximum atomic E-state index is 3.93. The first-order valence-corrected chi connectivity index (χ1v) is 4.33. The molecule has 0 aliphatic carbocycles. The average Bonchev–Trinajstić information content (AvgIpc) is 1.86. The number of hydrogen-bond donors (Lipinski definition) is 0. The van der Waals surface area contributed by atoms with Crippen LogP contribution in [0, 0.1) is 18.3 Å². The van der Waals surface area contributed by atoms with Gasteiger partial charge in [0.05, 0.1) is 0 Å². The molecule has 0 aliphatic rings. The summed E-state index contributed by atoms with van der Waals surface area (Å²) in [6.07, 6.45) is 3.67. The molecule has 0 amide bonds. The predicted octanol–water partition coefficient (Wildman–Crippen LogP) is 3.67. The lowest BCUT2D eigenvalue weighted by molar-refractivity contribution is 0.211. The third-order valence-electron chi connectivity index (χ3n) is 2.66. The molecule has 0 saturated heterocycles. The van der Waals surface area contributed by atoms with Crippen LogP contribution in [0.15, 0.2) is 0 Å². The molecule has 1 radical (unpaired) electrons. The van der Waals surface area contributed by atoms with Gasteiger partial charge in [0.25, 0.3) is 0 Å². The highest BCUT2D eigenvalue weighted by Crippen LogP contribution is 2.33. The van der Waals surface area contributed by atoms with E-state index in [1.807, 2.05) is 0 Å². The third kappa shape index (κ3) is 2.72. The molecular weight excluding hydrogens is 120 g/mol. The van der Waals surface area contributed by atoms with Gasteiger partial charge in [-0.25, -0.2) is 0 Å². The Labute approximate surface area is 66.0 Å². The topological polar surface area (TPSA) is 0 Å². The highest BCUT2D eigenvalue weighted by molar-refractivity contribution is 4.75. The van der Waals surface area contributed by atoms with E-state index in [-0.39, 0.29) is 0 Å². The van der Waals surface area contributed by atoms with Crippen LogP contribution in [0.2, 0.25) is 0 Å². The smallest absolute Gasteiger partial charge is 0.0329 e. The second-order valence-electron chi connectivity index (χ2n) is 3.93. The maximum Gasteiger partial charge on any atom is -0.0329 e. The van der Waals surface area contributed by atoms with Gasteiger partial charge in [0, 0.05) is 0 Å². The second kappa shape index (κ2) is 4.00. The summed E-state index contributed by atoms with van der Waals surface area (Å²) in [6.45, 7) is 13.2. The fraction of sp³-hybridized carbons (Fsp3) is 0.900. The normalized spacial score (nSPS) is 15.3. The van der Waals surface area contributed by atoms with Crippen molar-refractivity contribution < 1.29 is 0 Å². The summed E-state index contributed by atoms with van der Waals surface area (Å²) in [7, 11) is 0. The largest absolute Gasteiger partial charge is 0.0654 e. The SMILES string of the molecule is [CH2]CC(C)C(C)(C)CCC. The zero-order chi connectivity index (χ0) is 8.20. The minimum absolute atomic E-state index is 0.497. The number of rotatable bonds is 4. The van der Waals surface area contributed by atoms with Crippen LogP contribution in [-0.4, -0.2) is 0 Å². The molecule has 0 heteroatoms. The van der Waals surface area contributed by atoms with Gasteiger partial charge in [0.2, 0.25) is 0 Å². The Hall–Kier alpha value is 0. The molecule has 0 N–H and O–H groups in total. The average molecular weight is 141 g/mol. The Morgan fingerprint density at radius 1 is 1.40 bits per heavy atom. The Morgan fingerprint density at radius 2 is 1.90 bits per heavy atom. The van der Waals surface area contributed by atoms with E-state index in [4.69, 9.17) is 0 Å². The van der Waals surface area contributed by atoms with Crippen molar-refractivity contribution in [3.05, 3.63) is 6.92 Å². The van der Waals surface area contributed by atoms with E-state index in [9.17, 15) is 0 Å². The third-order valence-corrected chi connectivity index (χ3v) is 2.66. The molecular formula is C10H21. The molecule has 0 aliphatic heterocycles. The first kappa shape index (κ1) is 10.0. The monoisotopic (exact) mass is 141 g/mol. The van der Waals surface area contributed by atoms with Gasteiger partial charge in [0.1, 0.15) is 0 Å². The van der Waals surface area contributed by atoms with Crippen molar-refractivity contribution in [3.8, 4) is 0 Å². The van der Waals surface area contributed by atoms with E-state index < -0.39 is 0 Å². The van der Waals surface area contributed by atoms with Crippen molar-refractivity contribution in [1.29, 1.82) is 0 Å². The Bertz CT molecular complexity index is 82.0. The molecule has 0 aromatic carbocycles. The van der Waals surface area contributed by atoms with Gasteiger partial charge in [-0.2, -0.15) is 0 Å². The zero-order valence-corrected chi connectivity index (χ0v) is 7.91. The van der Waals surface area contributed by atoms with Crippen molar-refractivity contribution in [3.63, 3.8) is 0 Å². The van der Waals surface area contributed by atoms with Gasteiger partial charge < -0.3 is 0 Å². The molecule has 0 heterocycles. The Balaban J connectivity index is 3.82. The van der Waals surface area contributed by atoms with E-state index in [0.29, 0.717) is 5.41 Å². The lowest BCUT2D eigenvalue weighted by atomic mass is 9.75. The summed E-state index contributed by atoms with van der Waals surface area (Å²) in [5.41, 5.74) is 0.497. The van der Waals surface area contributed by atoms with Crippen LogP contribution < -0.4 is 0 Å². The summed E-state index contributed by atoms with van der Waals surface area (Å²) >= 11 is 0. The predicted molar refractivity (Wildman–Crippen MR) is 47.8 cm³/mol. The Morgan fingerprint density at radius 3 is 2.20 bits per heavy atom. The van der Waals surface area contributed by atoms with Crippen molar-refractivity contribution in [2.75, 3.05) is 0 Å². The molecule has 0 nitrogen and oxygen atoms in total. The fourth-order valence-electron chi connectivity index (χ4n) is 1.28. The van der Waals surface area contributed by atoms with Crippen LogP contribution in [-0.2, 0) is 0 Å². The maximum absolute atomic E-state index is 3.93. The van der Waals surface area contributed by atoms with E-state index in [2.05, 4.69) is 34.6 Å². The molecule has 61 valence electrons. The van der Waals surface area contributed by atoms with Crippen molar-refractivity contribution in [2.45, 2.75) is 47.0 Å². The lowest BCUT2D eigenvalue weighted by Crippen LogP contribution is -2.20. The van der Waals surface area contributed by atoms with Gasteiger partial charge in [-0.15, -0.1) is 0 Å². The second-order valence-corrected chi connectivity index (χ2v) is 3.93. The van der Waals surface area contributed by atoms with Crippen LogP contribution in [0.3, 0.4) is 0 Å². The molecule has 0 fully saturated rings. The quantitative estimate of drug-likeness (QED) is 0.560. The molecule has 0 bridgehead atoms. The van der Waals surface area contributed by atoms with Gasteiger partial charge in [0.15, 0.2) is 0 Å². The summed E-state index contributed by atoms with van der Waals surface area (Å²) < 4.78 is 0. The standard InChI is InChI=1S/C10H21/c1-6-8-10(4,5)9(3)7-2/h9H,2,6-8H2,1,3-5H3. The molecule has 10 heavy (non-hydrogen) atoms. The summed E-state index contributed by atoms with van der Waals surface area (Å²) in [5, 5.41) is 0. The van der Waals surface area contributed by atoms with Crippen molar-refractivity contribution in [2.24, 2.45) is 11.3 Å². The van der Waals surface area contributed by atoms with Crippen LogP contribution in [0.4, 0.5) is 0 Å². The number of hydrogen-bond acceptors (Lipinski definition) is 0. The van der Waals surface area contributed by atoms with Crippen molar-refractivity contribution in [1.82, 2.24) is 0 Å². The molecule has 0 aromatic heterocycles. The van der Waals surface area contributed by atoms with E-state index in [1.165, 1.54) is 12.8 Å². The summed E-state index contributed by atoms with van der Waals surface area (Å²) in [6, 6.07) is 0. The highest BCUT2D eigenvalue weighted by atomic mass is 14.3. The first-order valence-electron chi connectivity index (χ1n) is 4.33. The molecule has 0 saturated carbocycles. The van der Waals surface area contributed by atoms with Gasteiger partial charge in [-0.3, -0.25) is 0 Å². The molecule has 1 atom stereocenters. The van der Waals surface area contributed by atoms with E-state index in [1.54, 1.807) is 0 Å². The van der Waals surface area contributed by atoms with Crippen LogP contribution >= 0.6 is 0 Å². The van der Waals surface area contributed by atoms with Gasteiger partial charge >= 0.3 is 0 Å². The van der Waals surface area contributed by atoms with Gasteiger partial charge in [-0.1, -0.05) is 47.5 Å².